The van der Waals surface area contributed by atoms with E-state index in [1.54, 1.807) is 0 Å². The fourth-order valence-electron chi connectivity index (χ4n) is 1.71. The predicted octanol–water partition coefficient (Wildman–Crippen LogP) is 3.35. The molecule has 0 bridgehead atoms. The van der Waals surface area contributed by atoms with Gasteiger partial charge in [0.15, 0.2) is 0 Å². The van der Waals surface area contributed by atoms with Crippen LogP contribution in [0.3, 0.4) is 0 Å². The molecule has 0 saturated heterocycles. The number of ether oxygens (including phenoxy) is 1. The lowest BCUT2D eigenvalue weighted by atomic mass is 10.3. The Morgan fingerprint density at radius 2 is 2.05 bits per heavy atom. The van der Waals surface area contributed by atoms with Crippen LogP contribution in [-0.2, 0) is 0 Å². The van der Waals surface area contributed by atoms with E-state index in [4.69, 9.17) is 4.74 Å². The minimum absolute atomic E-state index is 0.582. The smallest absolute Gasteiger partial charge is 0.130 e. The summed E-state index contributed by atoms with van der Waals surface area (Å²) < 4.78 is 6.65. The summed E-state index contributed by atoms with van der Waals surface area (Å²) in [6.45, 7) is 5.12. The van der Waals surface area contributed by atoms with Gasteiger partial charge in [-0.25, -0.2) is 9.97 Å². The highest BCUT2D eigenvalue weighted by atomic mass is 79.9. The zero-order chi connectivity index (χ0) is 13.7. The van der Waals surface area contributed by atoms with Crippen LogP contribution in [0.5, 0.6) is 5.75 Å². The van der Waals surface area contributed by atoms with Gasteiger partial charge in [0.05, 0.1) is 6.54 Å². The average molecular weight is 322 g/mol. The van der Waals surface area contributed by atoms with Crippen molar-refractivity contribution < 1.29 is 4.74 Å². The van der Waals surface area contributed by atoms with E-state index in [0.29, 0.717) is 13.2 Å². The van der Waals surface area contributed by atoms with Gasteiger partial charge in [0.2, 0.25) is 0 Å². The molecule has 0 spiro atoms. The van der Waals surface area contributed by atoms with Gasteiger partial charge in [-0.05, 0) is 32.0 Å². The second-order valence-corrected chi connectivity index (χ2v) is 5.09. The minimum Gasteiger partial charge on any atom is -0.492 e. The molecule has 0 unspecified atom stereocenters. The van der Waals surface area contributed by atoms with E-state index in [1.165, 1.54) is 0 Å². The van der Waals surface area contributed by atoms with Crippen LogP contribution in [0.25, 0.3) is 0 Å². The van der Waals surface area contributed by atoms with Crippen LogP contribution in [0.15, 0.2) is 34.8 Å². The quantitative estimate of drug-likeness (QED) is 0.858. The van der Waals surface area contributed by atoms with Gasteiger partial charge >= 0.3 is 0 Å². The third-order valence-electron chi connectivity index (χ3n) is 2.44. The van der Waals surface area contributed by atoms with E-state index in [1.807, 2.05) is 44.2 Å². The van der Waals surface area contributed by atoms with Crippen LogP contribution in [-0.4, -0.2) is 23.1 Å². The van der Waals surface area contributed by atoms with Crippen LogP contribution in [0.2, 0.25) is 0 Å². The van der Waals surface area contributed by atoms with Gasteiger partial charge in [-0.2, -0.15) is 0 Å². The Morgan fingerprint density at radius 1 is 1.21 bits per heavy atom. The predicted molar refractivity (Wildman–Crippen MR) is 79.6 cm³/mol. The molecule has 1 N–H and O–H groups in total. The summed E-state index contributed by atoms with van der Waals surface area (Å²) in [5.41, 5.74) is 0.961. The van der Waals surface area contributed by atoms with Crippen molar-refractivity contribution in [1.29, 1.82) is 0 Å². The van der Waals surface area contributed by atoms with Crippen molar-refractivity contribution >= 4 is 21.7 Å². The van der Waals surface area contributed by atoms with E-state index in [2.05, 4.69) is 31.2 Å². The summed E-state index contributed by atoms with van der Waals surface area (Å²) in [6.07, 6.45) is 0. The molecule has 100 valence electrons. The lowest BCUT2D eigenvalue weighted by Gasteiger charge is -2.09. The number of anilines is 1. The molecule has 0 atom stereocenters. The first-order chi connectivity index (χ1) is 9.13. The number of nitrogens with zero attached hydrogens (tertiary/aromatic N) is 2. The Labute approximate surface area is 121 Å². The van der Waals surface area contributed by atoms with Crippen molar-refractivity contribution in [3.8, 4) is 5.75 Å². The van der Waals surface area contributed by atoms with Crippen molar-refractivity contribution in [2.45, 2.75) is 13.8 Å². The Morgan fingerprint density at radius 3 is 2.79 bits per heavy atom. The lowest BCUT2D eigenvalue weighted by molar-refractivity contribution is 0.332. The summed E-state index contributed by atoms with van der Waals surface area (Å²) in [6, 6.07) is 9.72. The molecule has 2 rings (SSSR count). The minimum atomic E-state index is 0.582. The number of hydrogen-bond acceptors (Lipinski definition) is 4. The SMILES string of the molecule is Cc1cc(NCCOc2cccc(Br)c2)nc(C)n1. The number of halogens is 1. The van der Waals surface area contributed by atoms with Crippen molar-refractivity contribution in [2.24, 2.45) is 0 Å². The molecule has 0 saturated carbocycles. The third-order valence-corrected chi connectivity index (χ3v) is 2.93. The number of aromatic nitrogens is 2. The second kappa shape index (κ2) is 6.52. The standard InChI is InChI=1S/C14H16BrN3O/c1-10-8-14(18-11(2)17-10)16-6-7-19-13-5-3-4-12(15)9-13/h3-5,8-9H,6-7H2,1-2H3,(H,16,17,18). The maximum absolute atomic E-state index is 5.63. The second-order valence-electron chi connectivity index (χ2n) is 4.17. The van der Waals surface area contributed by atoms with Gasteiger partial charge in [-0.15, -0.1) is 0 Å². The molecular formula is C14H16BrN3O. The maximum Gasteiger partial charge on any atom is 0.130 e. The zero-order valence-electron chi connectivity index (χ0n) is 11.0. The van der Waals surface area contributed by atoms with Crippen LogP contribution in [0.1, 0.15) is 11.5 Å². The highest BCUT2D eigenvalue weighted by Gasteiger charge is 1.98. The Bertz CT molecular complexity index is 540. The molecule has 0 aliphatic carbocycles. The van der Waals surface area contributed by atoms with Gasteiger partial charge in [0, 0.05) is 16.2 Å². The molecule has 1 aromatic carbocycles. The molecule has 1 aromatic heterocycles. The number of hydrogen-bond donors (Lipinski definition) is 1. The first-order valence-corrected chi connectivity index (χ1v) is 6.87. The highest BCUT2D eigenvalue weighted by Crippen LogP contribution is 2.17. The summed E-state index contributed by atoms with van der Waals surface area (Å²) in [5.74, 6) is 2.46. The number of rotatable bonds is 5. The van der Waals surface area contributed by atoms with Gasteiger partial charge in [-0.1, -0.05) is 22.0 Å². The van der Waals surface area contributed by atoms with E-state index in [9.17, 15) is 0 Å². The van der Waals surface area contributed by atoms with E-state index >= 15 is 0 Å². The molecule has 0 fully saturated rings. The van der Waals surface area contributed by atoms with Gasteiger partial charge in [-0.3, -0.25) is 0 Å². The summed E-state index contributed by atoms with van der Waals surface area (Å²) in [5, 5.41) is 3.22. The van der Waals surface area contributed by atoms with Crippen LogP contribution in [0.4, 0.5) is 5.82 Å². The first kappa shape index (κ1) is 13.8. The normalized spacial score (nSPS) is 10.3. The molecule has 5 heteroatoms. The largest absolute Gasteiger partial charge is 0.492 e. The molecular weight excluding hydrogens is 306 g/mol. The van der Waals surface area contributed by atoms with E-state index in [0.717, 1.165) is 27.6 Å². The van der Waals surface area contributed by atoms with Crippen LogP contribution < -0.4 is 10.1 Å². The van der Waals surface area contributed by atoms with Gasteiger partial charge in [0.25, 0.3) is 0 Å². The molecule has 2 aromatic rings. The number of nitrogens with one attached hydrogen (secondary N) is 1. The fraction of sp³-hybridized carbons (Fsp3) is 0.286. The first-order valence-electron chi connectivity index (χ1n) is 6.08. The van der Waals surface area contributed by atoms with Crippen molar-refractivity contribution in [3.05, 3.63) is 46.3 Å². The van der Waals surface area contributed by atoms with Crippen LogP contribution >= 0.6 is 15.9 Å². The van der Waals surface area contributed by atoms with Crippen molar-refractivity contribution in [1.82, 2.24) is 9.97 Å². The molecule has 19 heavy (non-hydrogen) atoms. The molecule has 4 nitrogen and oxygen atoms in total. The summed E-state index contributed by atoms with van der Waals surface area (Å²) >= 11 is 3.41. The average Bonchev–Trinajstić information content (AvgIpc) is 2.34. The number of aryl methyl sites for hydroxylation is 2. The highest BCUT2D eigenvalue weighted by molar-refractivity contribution is 9.10. The molecule has 1 heterocycles. The summed E-state index contributed by atoms with van der Waals surface area (Å²) in [4.78, 5) is 8.54. The topological polar surface area (TPSA) is 47.0 Å². The zero-order valence-corrected chi connectivity index (χ0v) is 12.6. The maximum atomic E-state index is 5.63. The monoisotopic (exact) mass is 321 g/mol. The van der Waals surface area contributed by atoms with Crippen molar-refractivity contribution in [2.75, 3.05) is 18.5 Å². The Kier molecular flexibility index (Phi) is 4.74. The van der Waals surface area contributed by atoms with E-state index in [-0.39, 0.29) is 0 Å². The van der Waals surface area contributed by atoms with E-state index < -0.39 is 0 Å². The molecule has 0 radical (unpaired) electrons. The Balaban J connectivity index is 1.80. The molecule has 0 amide bonds. The summed E-state index contributed by atoms with van der Waals surface area (Å²) in [7, 11) is 0. The molecule has 0 aliphatic heterocycles. The molecule has 0 aliphatic rings. The fourth-order valence-corrected chi connectivity index (χ4v) is 2.09. The van der Waals surface area contributed by atoms with Crippen molar-refractivity contribution in [3.63, 3.8) is 0 Å². The Hall–Kier alpha value is -1.62. The van der Waals surface area contributed by atoms with Gasteiger partial charge in [0.1, 0.15) is 24.0 Å². The number of benzene rings is 1. The van der Waals surface area contributed by atoms with Gasteiger partial charge < -0.3 is 10.1 Å². The van der Waals surface area contributed by atoms with Crippen LogP contribution in [0, 0.1) is 13.8 Å². The lowest BCUT2D eigenvalue weighted by Crippen LogP contribution is -2.13. The third kappa shape index (κ3) is 4.52.